The molecule has 2 nitrogen and oxygen atoms in total. The molecule has 296 valence electrons. The molecule has 7 aromatic rings. The maximum atomic E-state index is 2.62. The van der Waals surface area contributed by atoms with E-state index in [0.29, 0.717) is 0 Å². The standard InChI is InChI=1S/C55H57BN2S/c1-11-34-18-27-46-44(30-34)56-50-47(57(41-25-21-38(22-26-41)53(2,3)4)51-43-33-40(55(8,9)10)24-29-49(43)59-52(51)56)16-13-17-48(50)58(46)45-28-23-39(54(5,6)7)32-42(45)37-20-19-35-14-12-15-36(35)31-37/h13,16-33H,11-12,14-15H2,1-10H3. The minimum absolute atomic E-state index is 0.0182. The smallest absolute Gasteiger partial charge is 0.264 e. The largest absolute Gasteiger partial charge is 0.311 e. The second-order valence-corrected chi connectivity index (χ2v) is 21.5. The average Bonchev–Trinajstić information content (AvgIpc) is 3.84. The fraction of sp³-hybridized carbons (Fsp3) is 0.309. The van der Waals surface area contributed by atoms with Gasteiger partial charge >= 0.3 is 0 Å². The Bertz CT molecular complexity index is 2800. The Morgan fingerprint density at radius 2 is 1.22 bits per heavy atom. The molecule has 0 radical (unpaired) electrons. The number of anilines is 6. The molecule has 0 N–H and O–H groups in total. The monoisotopic (exact) mass is 788 g/mol. The highest BCUT2D eigenvalue weighted by molar-refractivity contribution is 7.33. The molecule has 3 aliphatic rings. The summed E-state index contributed by atoms with van der Waals surface area (Å²) >= 11 is 1.99. The number of fused-ring (bicyclic) bond motifs is 7. The normalized spacial score (nSPS) is 14.7. The van der Waals surface area contributed by atoms with E-state index in [9.17, 15) is 0 Å². The van der Waals surface area contributed by atoms with Gasteiger partial charge in [-0.1, -0.05) is 130 Å². The molecule has 10 rings (SSSR count). The molecule has 6 aromatic carbocycles. The molecule has 0 atom stereocenters. The van der Waals surface area contributed by atoms with Crippen LogP contribution in [-0.4, -0.2) is 6.71 Å². The summed E-state index contributed by atoms with van der Waals surface area (Å²) in [5, 5.41) is 1.35. The summed E-state index contributed by atoms with van der Waals surface area (Å²) in [6, 6.07) is 45.7. The maximum absolute atomic E-state index is 2.62. The number of hydrogen-bond donors (Lipinski definition) is 0. The first-order chi connectivity index (χ1) is 28.1. The van der Waals surface area contributed by atoms with Crippen LogP contribution < -0.4 is 25.5 Å². The fourth-order valence-electron chi connectivity index (χ4n) is 9.97. The molecule has 0 amide bonds. The van der Waals surface area contributed by atoms with Gasteiger partial charge in [0.15, 0.2) is 0 Å². The molecule has 59 heavy (non-hydrogen) atoms. The summed E-state index contributed by atoms with van der Waals surface area (Å²) in [5.41, 5.74) is 21.6. The summed E-state index contributed by atoms with van der Waals surface area (Å²) in [6.45, 7) is 23.3. The highest BCUT2D eigenvalue weighted by atomic mass is 32.1. The molecular formula is C55H57BN2S. The lowest BCUT2D eigenvalue weighted by Gasteiger charge is -2.43. The van der Waals surface area contributed by atoms with Crippen LogP contribution in [0.1, 0.15) is 109 Å². The number of rotatable bonds is 4. The van der Waals surface area contributed by atoms with Gasteiger partial charge in [-0.25, -0.2) is 0 Å². The van der Waals surface area contributed by atoms with E-state index in [4.69, 9.17) is 0 Å². The first-order valence-electron chi connectivity index (χ1n) is 21.9. The summed E-state index contributed by atoms with van der Waals surface area (Å²) in [6.07, 6.45) is 4.60. The Morgan fingerprint density at radius 3 is 1.93 bits per heavy atom. The Kier molecular flexibility index (Phi) is 8.72. The zero-order valence-corrected chi connectivity index (χ0v) is 37.5. The number of nitrogens with zero attached hydrogens (tertiary/aromatic N) is 2. The molecule has 4 heteroatoms. The van der Waals surface area contributed by atoms with Gasteiger partial charge in [-0.2, -0.15) is 0 Å². The quantitative estimate of drug-likeness (QED) is 0.164. The summed E-state index contributed by atoms with van der Waals surface area (Å²) < 4.78 is 2.78. The van der Waals surface area contributed by atoms with Gasteiger partial charge in [-0.15, -0.1) is 11.3 Å². The number of hydrogen-bond acceptors (Lipinski definition) is 3. The van der Waals surface area contributed by atoms with E-state index in [0.717, 1.165) is 6.42 Å². The Balaban J connectivity index is 1.28. The van der Waals surface area contributed by atoms with Crippen molar-refractivity contribution >= 4 is 78.0 Å². The predicted molar refractivity (Wildman–Crippen MR) is 259 cm³/mol. The number of benzene rings is 6. The molecule has 2 aliphatic heterocycles. The molecule has 0 bridgehead atoms. The predicted octanol–water partition coefficient (Wildman–Crippen LogP) is 13.6. The molecule has 3 heterocycles. The summed E-state index contributed by atoms with van der Waals surface area (Å²) in [4.78, 5) is 5.23. The van der Waals surface area contributed by atoms with Gasteiger partial charge in [0, 0.05) is 43.2 Å². The minimum Gasteiger partial charge on any atom is -0.311 e. The molecule has 0 saturated carbocycles. The third-order valence-electron chi connectivity index (χ3n) is 13.4. The third-order valence-corrected chi connectivity index (χ3v) is 14.7. The van der Waals surface area contributed by atoms with Crippen LogP contribution in [0, 0.1) is 0 Å². The van der Waals surface area contributed by atoms with Crippen molar-refractivity contribution in [1.29, 1.82) is 0 Å². The highest BCUT2D eigenvalue weighted by Crippen LogP contribution is 2.50. The zero-order chi connectivity index (χ0) is 41.2. The van der Waals surface area contributed by atoms with E-state index < -0.39 is 0 Å². The van der Waals surface area contributed by atoms with Gasteiger partial charge in [0.25, 0.3) is 6.71 Å². The Labute approximate surface area is 357 Å². The fourth-order valence-corrected chi connectivity index (χ4v) is 11.3. The van der Waals surface area contributed by atoms with Crippen LogP contribution in [0.15, 0.2) is 115 Å². The number of aryl methyl sites for hydroxylation is 3. The lowest BCUT2D eigenvalue weighted by atomic mass is 9.36. The van der Waals surface area contributed by atoms with Gasteiger partial charge < -0.3 is 9.80 Å². The number of thiophene rings is 1. The summed E-state index contributed by atoms with van der Waals surface area (Å²) in [7, 11) is 0. The highest BCUT2D eigenvalue weighted by Gasteiger charge is 2.45. The zero-order valence-electron chi connectivity index (χ0n) is 36.7. The molecule has 0 spiro atoms. The summed E-state index contributed by atoms with van der Waals surface area (Å²) in [5.74, 6) is 0. The molecule has 0 saturated heterocycles. The lowest BCUT2D eigenvalue weighted by Crippen LogP contribution is -2.60. The topological polar surface area (TPSA) is 6.48 Å². The third kappa shape index (κ3) is 6.19. The van der Waals surface area contributed by atoms with E-state index in [-0.39, 0.29) is 23.0 Å². The van der Waals surface area contributed by atoms with Crippen LogP contribution in [0.25, 0.3) is 21.2 Å². The Hall–Kier alpha value is -5.06. The van der Waals surface area contributed by atoms with E-state index >= 15 is 0 Å². The van der Waals surface area contributed by atoms with Crippen molar-refractivity contribution in [2.24, 2.45) is 0 Å². The van der Waals surface area contributed by atoms with Crippen molar-refractivity contribution in [3.8, 4) is 11.1 Å². The van der Waals surface area contributed by atoms with E-state index in [1.807, 2.05) is 11.3 Å². The molecule has 1 aromatic heterocycles. The van der Waals surface area contributed by atoms with Gasteiger partial charge in [-0.05, 0) is 146 Å². The van der Waals surface area contributed by atoms with Crippen LogP contribution in [0.5, 0.6) is 0 Å². The van der Waals surface area contributed by atoms with E-state index in [2.05, 4.69) is 194 Å². The van der Waals surface area contributed by atoms with Gasteiger partial charge in [0.05, 0.1) is 11.4 Å². The second-order valence-electron chi connectivity index (χ2n) is 20.5. The maximum Gasteiger partial charge on any atom is 0.264 e. The van der Waals surface area contributed by atoms with Crippen molar-refractivity contribution in [2.45, 2.75) is 111 Å². The van der Waals surface area contributed by atoms with Crippen molar-refractivity contribution in [3.05, 3.63) is 149 Å². The first-order valence-corrected chi connectivity index (χ1v) is 22.7. The molecule has 1 aliphatic carbocycles. The molecule has 0 fully saturated rings. The van der Waals surface area contributed by atoms with E-state index in [1.165, 1.54) is 124 Å². The van der Waals surface area contributed by atoms with Crippen LogP contribution in [-0.2, 0) is 35.5 Å². The minimum atomic E-state index is 0.0182. The van der Waals surface area contributed by atoms with Crippen molar-refractivity contribution in [3.63, 3.8) is 0 Å². The lowest BCUT2D eigenvalue weighted by molar-refractivity contribution is 0.590. The molecule has 0 unspecified atom stereocenters. The van der Waals surface area contributed by atoms with Crippen LogP contribution in [0.4, 0.5) is 34.1 Å². The first kappa shape index (κ1) is 38.2. The van der Waals surface area contributed by atoms with Crippen molar-refractivity contribution in [2.75, 3.05) is 9.80 Å². The van der Waals surface area contributed by atoms with Gasteiger partial charge in [-0.3, -0.25) is 0 Å². The van der Waals surface area contributed by atoms with Crippen molar-refractivity contribution in [1.82, 2.24) is 0 Å². The van der Waals surface area contributed by atoms with Crippen LogP contribution in [0.2, 0.25) is 0 Å². The van der Waals surface area contributed by atoms with Gasteiger partial charge in [0.1, 0.15) is 0 Å². The molecular weight excluding hydrogens is 731 g/mol. The van der Waals surface area contributed by atoms with Crippen molar-refractivity contribution < 1.29 is 0 Å². The SMILES string of the molecule is CCc1ccc2c(c1)B1c3sc4ccc(C(C)(C)C)cc4c3N(c3ccc(C(C)(C)C)cc3)c3cccc(c31)N2c1ccc(C(C)(C)C)cc1-c1ccc2c(c1)CCC2. The van der Waals surface area contributed by atoms with Crippen LogP contribution in [0.3, 0.4) is 0 Å². The van der Waals surface area contributed by atoms with E-state index in [1.54, 1.807) is 0 Å². The second kappa shape index (κ2) is 13.5. The van der Waals surface area contributed by atoms with Gasteiger partial charge in [0.2, 0.25) is 0 Å². The van der Waals surface area contributed by atoms with Crippen LogP contribution >= 0.6 is 11.3 Å². The average molecular weight is 789 g/mol. The Morgan fingerprint density at radius 1 is 0.576 bits per heavy atom.